The molecule has 0 saturated carbocycles. The van der Waals surface area contributed by atoms with Crippen LogP contribution in [0.25, 0.3) is 0 Å². The summed E-state index contributed by atoms with van der Waals surface area (Å²) in [7, 11) is 2.13. The minimum Gasteiger partial charge on any atom is -0.449 e. The zero-order valence-corrected chi connectivity index (χ0v) is 20.8. The van der Waals surface area contributed by atoms with Gasteiger partial charge >= 0.3 is 0 Å². The standard InChI is InChI=1S/C26H31FN6OS/c1-32-14-16-33(17-15-32)25-29-23(30-26(31-25)34-21-12-10-20(27)11-13-21)8-5-9-24-28-18-22(35-24)19-6-3-2-4-7-19/h2-4,6-7,10-13,22,26H,5,8-9,14-18H2,1H3,(H,29,30,31). The first-order chi connectivity index (χ1) is 17.1. The average molecular weight is 495 g/mol. The fourth-order valence-corrected chi connectivity index (χ4v) is 5.45. The average Bonchev–Trinajstić information content (AvgIpc) is 3.35. The molecule has 0 radical (unpaired) electrons. The second-order valence-corrected chi connectivity index (χ2v) is 10.2. The normalized spacial score (nSPS) is 22.8. The summed E-state index contributed by atoms with van der Waals surface area (Å²) in [5, 5.41) is 5.07. The Bertz CT molecular complexity index is 1080. The first-order valence-corrected chi connectivity index (χ1v) is 13.0. The molecule has 5 rings (SSSR count). The van der Waals surface area contributed by atoms with Crippen molar-refractivity contribution in [1.29, 1.82) is 0 Å². The molecule has 3 aliphatic rings. The van der Waals surface area contributed by atoms with E-state index in [0.29, 0.717) is 11.0 Å². The molecule has 9 heteroatoms. The van der Waals surface area contributed by atoms with E-state index in [2.05, 4.69) is 52.5 Å². The van der Waals surface area contributed by atoms with Gasteiger partial charge in [0.15, 0.2) is 0 Å². The predicted octanol–water partition coefficient (Wildman–Crippen LogP) is 4.15. The van der Waals surface area contributed by atoms with Crippen molar-refractivity contribution in [2.45, 2.75) is 30.9 Å². The fourth-order valence-electron chi connectivity index (χ4n) is 4.26. The van der Waals surface area contributed by atoms with Gasteiger partial charge in [-0.05, 0) is 49.7 Å². The highest BCUT2D eigenvalue weighted by Gasteiger charge is 2.25. The lowest BCUT2D eigenvalue weighted by atomic mass is 10.1. The molecule has 2 atom stereocenters. The quantitative estimate of drug-likeness (QED) is 0.627. The van der Waals surface area contributed by atoms with Gasteiger partial charge in [-0.15, -0.1) is 11.8 Å². The van der Waals surface area contributed by atoms with Gasteiger partial charge < -0.3 is 19.9 Å². The molecule has 0 spiro atoms. The number of hydrogen-bond acceptors (Lipinski definition) is 8. The largest absolute Gasteiger partial charge is 0.449 e. The van der Waals surface area contributed by atoms with Crippen LogP contribution in [0, 0.1) is 5.82 Å². The van der Waals surface area contributed by atoms with Gasteiger partial charge in [0, 0.05) is 32.6 Å². The molecule has 2 aromatic carbocycles. The maximum atomic E-state index is 13.3. The van der Waals surface area contributed by atoms with E-state index in [4.69, 9.17) is 19.7 Å². The number of benzene rings is 2. The van der Waals surface area contributed by atoms with Gasteiger partial charge in [-0.3, -0.25) is 4.99 Å². The molecule has 0 amide bonds. The molecule has 0 aromatic heterocycles. The fraction of sp³-hybridized carbons (Fsp3) is 0.423. The molecule has 2 aromatic rings. The Labute approximate surface area is 210 Å². The molecule has 184 valence electrons. The van der Waals surface area contributed by atoms with Crippen LogP contribution in [0.15, 0.2) is 69.6 Å². The number of piperazine rings is 1. The molecular formula is C26H31FN6OS. The maximum absolute atomic E-state index is 13.3. The highest BCUT2D eigenvalue weighted by molar-refractivity contribution is 8.14. The minimum absolute atomic E-state index is 0.296. The van der Waals surface area contributed by atoms with Crippen LogP contribution >= 0.6 is 11.8 Å². The summed E-state index contributed by atoms with van der Waals surface area (Å²) in [6, 6.07) is 16.6. The van der Waals surface area contributed by atoms with Gasteiger partial charge in [0.25, 0.3) is 6.35 Å². The number of amidine groups is 1. The van der Waals surface area contributed by atoms with Crippen molar-refractivity contribution in [2.75, 3.05) is 39.8 Å². The number of rotatable bonds is 7. The molecular weight excluding hydrogens is 463 g/mol. The first kappa shape index (κ1) is 23.8. The van der Waals surface area contributed by atoms with E-state index in [1.54, 1.807) is 12.1 Å². The zero-order chi connectivity index (χ0) is 24.0. The van der Waals surface area contributed by atoms with Crippen molar-refractivity contribution < 1.29 is 9.13 Å². The molecule has 2 unspecified atom stereocenters. The third kappa shape index (κ3) is 6.41. The van der Waals surface area contributed by atoms with Crippen LogP contribution in [0.3, 0.4) is 0 Å². The molecule has 3 aliphatic heterocycles. The Morgan fingerprint density at radius 2 is 1.77 bits per heavy atom. The second-order valence-electron chi connectivity index (χ2n) is 8.95. The van der Waals surface area contributed by atoms with Crippen molar-refractivity contribution in [2.24, 2.45) is 15.0 Å². The first-order valence-electron chi connectivity index (χ1n) is 12.1. The van der Waals surface area contributed by atoms with Crippen LogP contribution in [0.4, 0.5) is 4.39 Å². The number of guanidine groups is 1. The molecule has 35 heavy (non-hydrogen) atoms. The van der Waals surface area contributed by atoms with Crippen LogP contribution < -0.4 is 10.1 Å². The van der Waals surface area contributed by atoms with Crippen molar-refractivity contribution >= 4 is 28.6 Å². The highest BCUT2D eigenvalue weighted by Crippen LogP contribution is 2.36. The van der Waals surface area contributed by atoms with Gasteiger partial charge in [-0.1, -0.05) is 30.3 Å². The van der Waals surface area contributed by atoms with Gasteiger partial charge in [-0.2, -0.15) is 4.99 Å². The van der Waals surface area contributed by atoms with Crippen molar-refractivity contribution in [3.05, 3.63) is 66.0 Å². The number of nitrogens with zero attached hydrogens (tertiary/aromatic N) is 5. The van der Waals surface area contributed by atoms with E-state index < -0.39 is 6.35 Å². The number of aliphatic imine (C=N–C) groups is 3. The van der Waals surface area contributed by atoms with Gasteiger partial charge in [0.05, 0.1) is 16.8 Å². The Morgan fingerprint density at radius 3 is 2.54 bits per heavy atom. The lowest BCUT2D eigenvalue weighted by Gasteiger charge is -2.36. The van der Waals surface area contributed by atoms with Crippen molar-refractivity contribution in [3.8, 4) is 5.75 Å². The third-order valence-corrected chi connectivity index (χ3v) is 7.61. The predicted molar refractivity (Wildman–Crippen MR) is 141 cm³/mol. The Hall–Kier alpha value is -2.91. The number of hydrogen-bond donors (Lipinski definition) is 1. The molecule has 0 aliphatic carbocycles. The number of ether oxygens (including phenoxy) is 1. The Morgan fingerprint density at radius 1 is 1.00 bits per heavy atom. The summed E-state index contributed by atoms with van der Waals surface area (Å²) >= 11 is 1.88. The zero-order valence-electron chi connectivity index (χ0n) is 19.9. The lowest BCUT2D eigenvalue weighted by Crippen LogP contribution is -2.54. The monoisotopic (exact) mass is 494 g/mol. The smallest absolute Gasteiger partial charge is 0.292 e. The van der Waals surface area contributed by atoms with Crippen LogP contribution in [0.2, 0.25) is 0 Å². The van der Waals surface area contributed by atoms with E-state index in [-0.39, 0.29) is 5.82 Å². The topological polar surface area (TPSA) is 64.8 Å². The van der Waals surface area contributed by atoms with Crippen LogP contribution in [-0.4, -0.2) is 72.8 Å². The third-order valence-electron chi connectivity index (χ3n) is 6.30. The molecule has 1 saturated heterocycles. The Balaban J connectivity index is 1.19. The summed E-state index contributed by atoms with van der Waals surface area (Å²) in [6.45, 7) is 4.60. The Kier molecular flexibility index (Phi) is 7.63. The van der Waals surface area contributed by atoms with Crippen LogP contribution in [0.1, 0.15) is 30.1 Å². The lowest BCUT2D eigenvalue weighted by molar-refractivity contribution is 0.195. The van der Waals surface area contributed by atoms with Crippen LogP contribution in [-0.2, 0) is 0 Å². The molecule has 1 fully saturated rings. The number of thioether (sulfide) groups is 1. The highest BCUT2D eigenvalue weighted by atomic mass is 32.2. The number of nitrogens with one attached hydrogen (secondary N) is 1. The summed E-state index contributed by atoms with van der Waals surface area (Å²) in [4.78, 5) is 18.7. The van der Waals surface area contributed by atoms with E-state index in [0.717, 1.165) is 63.8 Å². The van der Waals surface area contributed by atoms with Gasteiger partial charge in [0.1, 0.15) is 17.4 Å². The van der Waals surface area contributed by atoms with Crippen LogP contribution in [0.5, 0.6) is 5.75 Å². The summed E-state index contributed by atoms with van der Waals surface area (Å²) in [5.41, 5.74) is 1.34. The van der Waals surface area contributed by atoms with Crippen molar-refractivity contribution in [1.82, 2.24) is 15.1 Å². The maximum Gasteiger partial charge on any atom is 0.292 e. The summed E-state index contributed by atoms with van der Waals surface area (Å²) < 4.78 is 19.3. The molecule has 3 heterocycles. The minimum atomic E-state index is -0.688. The molecule has 0 bridgehead atoms. The number of likely N-dealkylation sites (N-methyl/N-ethyl adjacent to an activating group) is 1. The SMILES string of the molecule is CN1CCN(C2=NC(Oc3ccc(F)cc3)N=C(CCCC3=NCC(c4ccccc4)S3)N2)CC1. The molecule has 7 nitrogen and oxygen atoms in total. The summed E-state index contributed by atoms with van der Waals surface area (Å²) in [6.07, 6.45) is 1.97. The van der Waals surface area contributed by atoms with E-state index in [1.165, 1.54) is 22.7 Å². The number of halogens is 1. The molecule has 1 N–H and O–H groups in total. The van der Waals surface area contributed by atoms with Crippen molar-refractivity contribution in [3.63, 3.8) is 0 Å². The van der Waals surface area contributed by atoms with Gasteiger partial charge in [0.2, 0.25) is 5.96 Å². The van der Waals surface area contributed by atoms with E-state index in [1.807, 2.05) is 11.8 Å². The van der Waals surface area contributed by atoms with E-state index in [9.17, 15) is 4.39 Å². The summed E-state index contributed by atoms with van der Waals surface area (Å²) in [5.74, 6) is 1.92. The van der Waals surface area contributed by atoms with E-state index >= 15 is 0 Å². The van der Waals surface area contributed by atoms with Gasteiger partial charge in [-0.25, -0.2) is 9.38 Å². The second kappa shape index (κ2) is 11.2.